The summed E-state index contributed by atoms with van der Waals surface area (Å²) in [6, 6.07) is 8.30. The molecule has 1 N–H and O–H groups in total. The van der Waals surface area contributed by atoms with Gasteiger partial charge in [0.2, 0.25) is 0 Å². The highest BCUT2D eigenvalue weighted by Crippen LogP contribution is 2.30. The van der Waals surface area contributed by atoms with Crippen molar-refractivity contribution in [1.29, 1.82) is 0 Å². The molecule has 0 aromatic heterocycles. The van der Waals surface area contributed by atoms with Gasteiger partial charge in [0, 0.05) is 0 Å². The third kappa shape index (κ3) is 3.86. The Kier molecular flexibility index (Phi) is 4.81. The maximum atomic E-state index is 5.83. The third-order valence-corrected chi connectivity index (χ3v) is 2.52. The molecule has 0 aliphatic carbocycles. The summed E-state index contributed by atoms with van der Waals surface area (Å²) in [5.74, 6) is 1.02. The fourth-order valence-electron chi connectivity index (χ4n) is 1.64. The summed E-state index contributed by atoms with van der Waals surface area (Å²) < 4.78 is 5.83. The highest BCUT2D eigenvalue weighted by Gasteiger charge is 2.17. The van der Waals surface area contributed by atoms with Gasteiger partial charge >= 0.3 is 0 Å². The molecule has 0 aliphatic heterocycles. The fraction of sp³-hybridized carbons (Fsp3) is 0.571. The first-order chi connectivity index (χ1) is 7.55. The molecule has 0 saturated heterocycles. The topological polar surface area (TPSA) is 21.3 Å². The zero-order valence-corrected chi connectivity index (χ0v) is 10.8. The number of ether oxygens (including phenoxy) is 1. The van der Waals surface area contributed by atoms with Crippen molar-refractivity contribution in [3.05, 3.63) is 29.8 Å². The van der Waals surface area contributed by atoms with E-state index >= 15 is 0 Å². The fourth-order valence-corrected chi connectivity index (χ4v) is 1.64. The Labute approximate surface area is 99.0 Å². The van der Waals surface area contributed by atoms with Crippen molar-refractivity contribution >= 4 is 0 Å². The number of nitrogens with one attached hydrogen (secondary N) is 1. The van der Waals surface area contributed by atoms with Crippen LogP contribution >= 0.6 is 0 Å². The zero-order valence-electron chi connectivity index (χ0n) is 10.8. The Morgan fingerprint density at radius 1 is 1.19 bits per heavy atom. The van der Waals surface area contributed by atoms with E-state index in [1.807, 2.05) is 13.1 Å². The Bertz CT molecular complexity index is 315. The molecule has 0 saturated carbocycles. The van der Waals surface area contributed by atoms with Gasteiger partial charge in [0.25, 0.3) is 0 Å². The average Bonchev–Trinajstić information content (AvgIpc) is 2.24. The first-order valence-electron chi connectivity index (χ1n) is 5.92. The summed E-state index contributed by atoms with van der Waals surface area (Å²) in [4.78, 5) is 0. The Balaban J connectivity index is 2.65. The molecule has 1 aromatic carbocycles. The van der Waals surface area contributed by atoms with E-state index in [1.165, 1.54) is 5.56 Å². The van der Waals surface area contributed by atoms with Crippen LogP contribution in [0.1, 0.15) is 32.8 Å². The minimum absolute atomic E-state index is 0.138. The van der Waals surface area contributed by atoms with Gasteiger partial charge < -0.3 is 10.1 Å². The maximum absolute atomic E-state index is 5.83. The van der Waals surface area contributed by atoms with Crippen LogP contribution in [-0.4, -0.2) is 20.2 Å². The largest absolute Gasteiger partial charge is 0.493 e. The Morgan fingerprint density at radius 2 is 1.88 bits per heavy atom. The van der Waals surface area contributed by atoms with Gasteiger partial charge in [0.15, 0.2) is 0 Å². The summed E-state index contributed by atoms with van der Waals surface area (Å²) in [6.07, 6.45) is 1.04. The van der Waals surface area contributed by atoms with Crippen molar-refractivity contribution < 1.29 is 4.74 Å². The van der Waals surface area contributed by atoms with Crippen molar-refractivity contribution in [3.63, 3.8) is 0 Å². The molecule has 0 atom stereocenters. The molecule has 0 heterocycles. The molecule has 0 unspecified atom stereocenters. The van der Waals surface area contributed by atoms with E-state index in [1.54, 1.807) is 0 Å². The van der Waals surface area contributed by atoms with Crippen LogP contribution in [0.5, 0.6) is 5.75 Å². The summed E-state index contributed by atoms with van der Waals surface area (Å²) in [5.41, 5.74) is 1.42. The summed E-state index contributed by atoms with van der Waals surface area (Å²) in [6.45, 7) is 8.40. The lowest BCUT2D eigenvalue weighted by Gasteiger charge is -2.22. The highest BCUT2D eigenvalue weighted by molar-refractivity contribution is 5.38. The van der Waals surface area contributed by atoms with Gasteiger partial charge in [-0.05, 0) is 37.1 Å². The average molecular weight is 221 g/mol. The van der Waals surface area contributed by atoms with Crippen molar-refractivity contribution in [2.24, 2.45) is 0 Å². The predicted molar refractivity (Wildman–Crippen MR) is 69.2 cm³/mol. The second-order valence-electron chi connectivity index (χ2n) is 5.05. The standard InChI is InChI=1S/C14H23NO/c1-14(2,3)12-8-5-6-9-13(12)16-11-7-10-15-4/h5-6,8-9,15H,7,10-11H2,1-4H3. The molecule has 2 nitrogen and oxygen atoms in total. The molecule has 0 radical (unpaired) electrons. The molecular formula is C14H23NO. The minimum Gasteiger partial charge on any atom is -0.493 e. The van der Waals surface area contributed by atoms with E-state index in [-0.39, 0.29) is 5.41 Å². The summed E-state index contributed by atoms with van der Waals surface area (Å²) in [7, 11) is 1.96. The Morgan fingerprint density at radius 3 is 2.50 bits per heavy atom. The van der Waals surface area contributed by atoms with Gasteiger partial charge in [-0.2, -0.15) is 0 Å². The Hall–Kier alpha value is -1.02. The van der Waals surface area contributed by atoms with Crippen LogP contribution in [0, 0.1) is 0 Å². The lowest BCUT2D eigenvalue weighted by Crippen LogP contribution is -2.15. The minimum atomic E-state index is 0.138. The molecule has 0 bridgehead atoms. The van der Waals surface area contributed by atoms with Crippen molar-refractivity contribution in [1.82, 2.24) is 5.32 Å². The van der Waals surface area contributed by atoms with Crippen LogP contribution in [0.2, 0.25) is 0 Å². The van der Waals surface area contributed by atoms with Gasteiger partial charge in [-0.25, -0.2) is 0 Å². The van der Waals surface area contributed by atoms with Gasteiger partial charge in [0.1, 0.15) is 5.75 Å². The van der Waals surface area contributed by atoms with Crippen LogP contribution in [0.3, 0.4) is 0 Å². The van der Waals surface area contributed by atoms with Gasteiger partial charge in [0.05, 0.1) is 6.61 Å². The van der Waals surface area contributed by atoms with Crippen LogP contribution in [0.4, 0.5) is 0 Å². The number of hydrogen-bond donors (Lipinski definition) is 1. The van der Waals surface area contributed by atoms with Gasteiger partial charge in [-0.1, -0.05) is 39.0 Å². The van der Waals surface area contributed by atoms with E-state index < -0.39 is 0 Å². The molecule has 1 aromatic rings. The van der Waals surface area contributed by atoms with E-state index in [4.69, 9.17) is 4.74 Å². The van der Waals surface area contributed by atoms with E-state index in [9.17, 15) is 0 Å². The monoisotopic (exact) mass is 221 g/mol. The van der Waals surface area contributed by atoms with Crippen LogP contribution in [-0.2, 0) is 5.41 Å². The number of benzene rings is 1. The summed E-state index contributed by atoms with van der Waals surface area (Å²) >= 11 is 0. The predicted octanol–water partition coefficient (Wildman–Crippen LogP) is 2.97. The molecular weight excluding hydrogens is 198 g/mol. The van der Waals surface area contributed by atoms with Crippen molar-refractivity contribution in [3.8, 4) is 5.75 Å². The van der Waals surface area contributed by atoms with Crippen molar-refractivity contribution in [2.75, 3.05) is 20.2 Å². The van der Waals surface area contributed by atoms with E-state index in [0.717, 1.165) is 25.3 Å². The molecule has 0 amide bonds. The zero-order chi connectivity index (χ0) is 12.0. The molecule has 1 rings (SSSR count). The maximum Gasteiger partial charge on any atom is 0.123 e. The smallest absolute Gasteiger partial charge is 0.123 e. The second kappa shape index (κ2) is 5.90. The lowest BCUT2D eigenvalue weighted by atomic mass is 9.86. The van der Waals surface area contributed by atoms with E-state index in [2.05, 4.69) is 44.3 Å². The SMILES string of the molecule is CNCCCOc1ccccc1C(C)(C)C. The highest BCUT2D eigenvalue weighted by atomic mass is 16.5. The third-order valence-electron chi connectivity index (χ3n) is 2.52. The lowest BCUT2D eigenvalue weighted by molar-refractivity contribution is 0.301. The van der Waals surface area contributed by atoms with Crippen LogP contribution in [0.15, 0.2) is 24.3 Å². The molecule has 0 aliphatic rings. The molecule has 2 heteroatoms. The van der Waals surface area contributed by atoms with Crippen LogP contribution < -0.4 is 10.1 Å². The first kappa shape index (κ1) is 13.0. The van der Waals surface area contributed by atoms with Gasteiger partial charge in [-0.3, -0.25) is 0 Å². The van der Waals surface area contributed by atoms with Gasteiger partial charge in [-0.15, -0.1) is 0 Å². The molecule has 0 fully saturated rings. The summed E-state index contributed by atoms with van der Waals surface area (Å²) in [5, 5.41) is 3.12. The number of rotatable bonds is 5. The van der Waals surface area contributed by atoms with Crippen LogP contribution in [0.25, 0.3) is 0 Å². The molecule has 16 heavy (non-hydrogen) atoms. The van der Waals surface area contributed by atoms with Crippen molar-refractivity contribution in [2.45, 2.75) is 32.6 Å². The normalized spacial score (nSPS) is 11.5. The first-order valence-corrected chi connectivity index (χ1v) is 5.92. The van der Waals surface area contributed by atoms with E-state index in [0.29, 0.717) is 0 Å². The number of hydrogen-bond acceptors (Lipinski definition) is 2. The second-order valence-corrected chi connectivity index (χ2v) is 5.05. The molecule has 90 valence electrons. The number of para-hydroxylation sites is 1. The quantitative estimate of drug-likeness (QED) is 0.772. The molecule has 0 spiro atoms.